The Kier molecular flexibility index (Phi) is 5.48. The van der Waals surface area contributed by atoms with Gasteiger partial charge in [-0.25, -0.2) is 8.78 Å². The number of allylic oxidation sites excluding steroid dienone is 3. The number of ether oxygens (including phenoxy) is 1. The second-order valence-corrected chi connectivity index (χ2v) is 3.90. The zero-order valence-corrected chi connectivity index (χ0v) is 11.0. The van der Waals surface area contributed by atoms with Crippen LogP contribution in [0.3, 0.4) is 0 Å². The molecule has 0 spiro atoms. The zero-order chi connectivity index (χ0) is 15.1. The summed E-state index contributed by atoms with van der Waals surface area (Å²) >= 11 is 0. The first-order valence-electron chi connectivity index (χ1n) is 5.78. The molecule has 20 heavy (non-hydrogen) atoms. The van der Waals surface area contributed by atoms with Gasteiger partial charge in [-0.15, -0.1) is 0 Å². The van der Waals surface area contributed by atoms with Gasteiger partial charge < -0.3 is 10.5 Å². The van der Waals surface area contributed by atoms with Gasteiger partial charge in [0.15, 0.2) is 0 Å². The molecular formula is C15H14F2N2O. The van der Waals surface area contributed by atoms with Crippen molar-refractivity contribution in [1.29, 1.82) is 5.26 Å². The molecule has 0 radical (unpaired) electrons. The zero-order valence-electron chi connectivity index (χ0n) is 11.0. The lowest BCUT2D eigenvalue weighted by atomic mass is 10.2. The number of rotatable bonds is 5. The van der Waals surface area contributed by atoms with E-state index >= 15 is 0 Å². The fourth-order valence-electron chi connectivity index (χ4n) is 1.40. The first-order valence-corrected chi connectivity index (χ1v) is 5.78. The number of benzene rings is 1. The van der Waals surface area contributed by atoms with Gasteiger partial charge in [0.05, 0.1) is 18.2 Å². The van der Waals surface area contributed by atoms with Crippen LogP contribution in [0.1, 0.15) is 12.0 Å². The van der Waals surface area contributed by atoms with Gasteiger partial charge in [0, 0.05) is 17.7 Å². The summed E-state index contributed by atoms with van der Waals surface area (Å²) in [5, 5.41) is 8.50. The van der Waals surface area contributed by atoms with Crippen molar-refractivity contribution >= 4 is 0 Å². The molecule has 0 aliphatic heterocycles. The van der Waals surface area contributed by atoms with E-state index in [1.165, 1.54) is 25.2 Å². The molecular weight excluding hydrogens is 262 g/mol. The number of hydrogen-bond acceptors (Lipinski definition) is 3. The van der Waals surface area contributed by atoms with Gasteiger partial charge in [0.25, 0.3) is 0 Å². The predicted molar refractivity (Wildman–Crippen MR) is 72.5 cm³/mol. The van der Waals surface area contributed by atoms with Gasteiger partial charge in [0.1, 0.15) is 23.1 Å². The largest absolute Gasteiger partial charge is 0.455 e. The molecule has 5 heteroatoms. The van der Waals surface area contributed by atoms with E-state index in [0.29, 0.717) is 0 Å². The Bertz CT molecular complexity index is 613. The maximum Gasteiger partial charge on any atom is 0.150 e. The average molecular weight is 276 g/mol. The molecule has 0 saturated carbocycles. The minimum absolute atomic E-state index is 0.0175. The molecule has 3 nitrogen and oxygen atoms in total. The van der Waals surface area contributed by atoms with E-state index in [2.05, 4.69) is 6.58 Å². The van der Waals surface area contributed by atoms with Crippen molar-refractivity contribution in [1.82, 2.24) is 0 Å². The SMILES string of the molecule is C=C/C=C(Oc1cc(F)cc(F)c1C)\C(N)=C/CC#N. The van der Waals surface area contributed by atoms with E-state index in [1.807, 2.05) is 6.07 Å². The summed E-state index contributed by atoms with van der Waals surface area (Å²) < 4.78 is 32.0. The summed E-state index contributed by atoms with van der Waals surface area (Å²) in [7, 11) is 0. The number of nitrogens with two attached hydrogens (primary N) is 1. The molecule has 1 aromatic rings. The Morgan fingerprint density at radius 3 is 2.80 bits per heavy atom. The van der Waals surface area contributed by atoms with Crippen LogP contribution in [-0.2, 0) is 0 Å². The van der Waals surface area contributed by atoms with Crippen molar-refractivity contribution in [2.75, 3.05) is 0 Å². The predicted octanol–water partition coefficient (Wildman–Crippen LogP) is 3.48. The Morgan fingerprint density at radius 1 is 1.50 bits per heavy atom. The standard InChI is InChI=1S/C15H14F2N2O/c1-3-5-14(13(19)6-4-7-18)20-15-9-11(16)8-12(17)10(15)2/h3,5-6,8-9H,1,4,19H2,2H3/b13-6+,14-5+. The van der Waals surface area contributed by atoms with Crippen LogP contribution in [0, 0.1) is 29.9 Å². The van der Waals surface area contributed by atoms with Crippen molar-refractivity contribution in [2.45, 2.75) is 13.3 Å². The molecule has 1 aromatic carbocycles. The third-order valence-electron chi connectivity index (χ3n) is 2.45. The Hall–Kier alpha value is -2.61. The van der Waals surface area contributed by atoms with E-state index in [4.69, 9.17) is 15.7 Å². The van der Waals surface area contributed by atoms with E-state index in [-0.39, 0.29) is 29.2 Å². The van der Waals surface area contributed by atoms with Gasteiger partial charge in [-0.3, -0.25) is 0 Å². The van der Waals surface area contributed by atoms with Gasteiger partial charge in [-0.1, -0.05) is 12.7 Å². The van der Waals surface area contributed by atoms with Crippen LogP contribution >= 0.6 is 0 Å². The lowest BCUT2D eigenvalue weighted by Gasteiger charge is -2.13. The maximum atomic E-state index is 13.4. The lowest BCUT2D eigenvalue weighted by Crippen LogP contribution is -2.08. The molecule has 0 aliphatic carbocycles. The fraction of sp³-hybridized carbons (Fsp3) is 0.133. The number of nitrogens with zero attached hydrogens (tertiary/aromatic N) is 1. The van der Waals surface area contributed by atoms with Crippen LogP contribution < -0.4 is 10.5 Å². The third kappa shape index (κ3) is 3.95. The van der Waals surface area contributed by atoms with E-state index in [9.17, 15) is 8.78 Å². The van der Waals surface area contributed by atoms with Gasteiger partial charge in [-0.05, 0) is 19.1 Å². The van der Waals surface area contributed by atoms with E-state index in [1.54, 1.807) is 0 Å². The van der Waals surface area contributed by atoms with Crippen molar-refractivity contribution in [3.05, 3.63) is 65.6 Å². The highest BCUT2D eigenvalue weighted by Crippen LogP contribution is 2.25. The molecule has 0 fully saturated rings. The van der Waals surface area contributed by atoms with Gasteiger partial charge in [-0.2, -0.15) is 5.26 Å². The molecule has 0 atom stereocenters. The summed E-state index contributed by atoms with van der Waals surface area (Å²) in [4.78, 5) is 0. The normalized spacial score (nSPS) is 11.9. The third-order valence-corrected chi connectivity index (χ3v) is 2.45. The maximum absolute atomic E-state index is 13.4. The van der Waals surface area contributed by atoms with Crippen molar-refractivity contribution in [3.8, 4) is 11.8 Å². The van der Waals surface area contributed by atoms with Crippen LogP contribution in [0.4, 0.5) is 8.78 Å². The molecule has 104 valence electrons. The van der Waals surface area contributed by atoms with Gasteiger partial charge in [0.2, 0.25) is 0 Å². The molecule has 0 heterocycles. The summed E-state index contributed by atoms with van der Waals surface area (Å²) in [6.45, 7) is 4.97. The Balaban J connectivity index is 3.13. The molecule has 0 aromatic heterocycles. The second kappa shape index (κ2) is 7.10. The van der Waals surface area contributed by atoms with Crippen molar-refractivity contribution in [3.63, 3.8) is 0 Å². The summed E-state index contributed by atoms with van der Waals surface area (Å²) in [5.41, 5.74) is 6.10. The van der Waals surface area contributed by atoms with Crippen LogP contribution in [-0.4, -0.2) is 0 Å². The Morgan fingerprint density at radius 2 is 2.20 bits per heavy atom. The highest BCUT2D eigenvalue weighted by atomic mass is 19.1. The van der Waals surface area contributed by atoms with Crippen molar-refractivity contribution in [2.24, 2.45) is 5.73 Å². The van der Waals surface area contributed by atoms with E-state index in [0.717, 1.165) is 12.1 Å². The van der Waals surface area contributed by atoms with Crippen LogP contribution in [0.5, 0.6) is 5.75 Å². The Labute approximate surface area is 116 Å². The molecule has 0 amide bonds. The highest BCUT2D eigenvalue weighted by molar-refractivity contribution is 5.38. The quantitative estimate of drug-likeness (QED) is 0.661. The topological polar surface area (TPSA) is 59.0 Å². The summed E-state index contributed by atoms with van der Waals surface area (Å²) in [5.74, 6) is -1.27. The molecule has 0 saturated heterocycles. The molecule has 0 unspecified atom stereocenters. The first kappa shape index (κ1) is 15.4. The number of nitriles is 1. The van der Waals surface area contributed by atoms with Gasteiger partial charge >= 0.3 is 0 Å². The number of hydrogen-bond donors (Lipinski definition) is 1. The molecule has 2 N–H and O–H groups in total. The number of halogens is 2. The first-order chi connectivity index (χ1) is 9.49. The second-order valence-electron chi connectivity index (χ2n) is 3.90. The van der Waals surface area contributed by atoms with Crippen LogP contribution in [0.15, 0.2) is 48.4 Å². The fourth-order valence-corrected chi connectivity index (χ4v) is 1.40. The lowest BCUT2D eigenvalue weighted by molar-refractivity contribution is 0.421. The minimum atomic E-state index is -0.749. The van der Waals surface area contributed by atoms with Crippen LogP contribution in [0.2, 0.25) is 0 Å². The monoisotopic (exact) mass is 276 g/mol. The molecule has 0 bridgehead atoms. The van der Waals surface area contributed by atoms with E-state index < -0.39 is 11.6 Å². The smallest absolute Gasteiger partial charge is 0.150 e. The molecule has 0 aliphatic rings. The summed E-state index contributed by atoms with van der Waals surface area (Å²) in [6.07, 6.45) is 4.42. The summed E-state index contributed by atoms with van der Waals surface area (Å²) in [6, 6.07) is 3.74. The minimum Gasteiger partial charge on any atom is -0.455 e. The average Bonchev–Trinajstić information content (AvgIpc) is 2.40. The van der Waals surface area contributed by atoms with Crippen LogP contribution in [0.25, 0.3) is 0 Å². The highest BCUT2D eigenvalue weighted by Gasteiger charge is 2.11. The van der Waals surface area contributed by atoms with Crippen molar-refractivity contribution < 1.29 is 13.5 Å². The molecule has 1 rings (SSSR count).